The van der Waals surface area contributed by atoms with Gasteiger partial charge >= 0.3 is 5.91 Å². The SMILES string of the molecule is CNC1=CC(O)N(c2ccnc3c2cc([C@H](C)N2CCC(c4c(F)cc(C(=O)C=C5CCC(CN6CCCC(Cc7ccc8c(c7)C(C)(C)C(=O)N8C7CCC[N+](=O)C7=O)CC6C)CC5)cc4F)CC2)n3C)C=C1. The fourth-order valence-electron chi connectivity index (χ4n) is 13.3. The van der Waals surface area contributed by atoms with Crippen LogP contribution < -0.4 is 15.1 Å². The van der Waals surface area contributed by atoms with E-state index < -0.39 is 35.2 Å². The van der Waals surface area contributed by atoms with Crippen molar-refractivity contribution in [3.63, 3.8) is 0 Å². The molecule has 1 aliphatic carbocycles. The number of likely N-dealkylation sites (N-methyl/N-ethyl adjacent to an activating group) is 1. The van der Waals surface area contributed by atoms with Crippen molar-refractivity contribution in [2.24, 2.45) is 18.9 Å². The van der Waals surface area contributed by atoms with Gasteiger partial charge in [0.1, 0.15) is 17.3 Å². The second-order valence-electron chi connectivity index (χ2n) is 22.7. The Labute approximate surface area is 433 Å². The van der Waals surface area contributed by atoms with Gasteiger partial charge in [-0.1, -0.05) is 17.7 Å². The van der Waals surface area contributed by atoms with Gasteiger partial charge in [-0.15, -0.1) is 0 Å². The predicted molar refractivity (Wildman–Crippen MR) is 284 cm³/mol. The van der Waals surface area contributed by atoms with Crippen LogP contribution in [0, 0.1) is 28.4 Å². The van der Waals surface area contributed by atoms with E-state index in [1.54, 1.807) is 23.2 Å². The van der Waals surface area contributed by atoms with Gasteiger partial charge in [-0.05, 0) is 195 Å². The summed E-state index contributed by atoms with van der Waals surface area (Å²) in [4.78, 5) is 65.5. The Morgan fingerprint density at radius 3 is 2.42 bits per heavy atom. The van der Waals surface area contributed by atoms with Crippen molar-refractivity contribution >= 4 is 40.0 Å². The molecule has 4 fully saturated rings. The first-order valence-corrected chi connectivity index (χ1v) is 27.2. The van der Waals surface area contributed by atoms with Crippen LogP contribution in [0.5, 0.6) is 0 Å². The van der Waals surface area contributed by atoms with Crippen molar-refractivity contribution < 1.29 is 33.0 Å². The second kappa shape index (κ2) is 21.0. The normalized spacial score (nSPS) is 25.6. The molecule has 4 unspecified atom stereocenters. The van der Waals surface area contributed by atoms with Crippen molar-refractivity contribution in [2.45, 2.75) is 140 Å². The van der Waals surface area contributed by atoms with Crippen LogP contribution in [-0.4, -0.2) is 105 Å². The van der Waals surface area contributed by atoms with Gasteiger partial charge in [0, 0.05) is 90.0 Å². The molecule has 7 heterocycles. The second-order valence-corrected chi connectivity index (χ2v) is 22.7. The molecule has 2 aromatic heterocycles. The molecule has 13 nitrogen and oxygen atoms in total. The summed E-state index contributed by atoms with van der Waals surface area (Å²) < 4.78 is 34.4. The van der Waals surface area contributed by atoms with Gasteiger partial charge in [0.15, 0.2) is 18.1 Å². The third-order valence-corrected chi connectivity index (χ3v) is 17.7. The molecule has 0 bridgehead atoms. The first-order chi connectivity index (χ1) is 35.5. The quantitative estimate of drug-likeness (QED) is 0.0803. The van der Waals surface area contributed by atoms with E-state index in [1.807, 2.05) is 57.3 Å². The topological polar surface area (TPSA) is 134 Å². The highest BCUT2D eigenvalue weighted by atomic mass is 19.1. The number of likely N-dealkylation sites (tertiary alicyclic amines) is 2. The van der Waals surface area contributed by atoms with Gasteiger partial charge in [-0.3, -0.25) is 19.4 Å². The molecular formula is C59H73F2N8O5+. The summed E-state index contributed by atoms with van der Waals surface area (Å²) in [6, 6.07) is 12.4. The number of hydrogen-bond acceptors (Lipinski definition) is 10. The smallest absolute Gasteiger partial charge is 0.388 e. The highest BCUT2D eigenvalue weighted by Crippen LogP contribution is 2.45. The minimum atomic E-state index is -0.835. The van der Waals surface area contributed by atoms with Gasteiger partial charge in [-0.25, -0.2) is 18.6 Å². The lowest BCUT2D eigenvalue weighted by molar-refractivity contribution is -0.477. The summed E-state index contributed by atoms with van der Waals surface area (Å²) >= 11 is 0. The van der Waals surface area contributed by atoms with Gasteiger partial charge in [0.05, 0.1) is 15.9 Å². The number of nitrogens with one attached hydrogen (secondary N) is 1. The molecule has 10 rings (SSSR count). The van der Waals surface area contributed by atoms with Crippen molar-refractivity contribution in [2.75, 3.05) is 49.6 Å². The molecule has 1 saturated carbocycles. The van der Waals surface area contributed by atoms with E-state index in [1.165, 1.54) is 17.7 Å². The van der Waals surface area contributed by atoms with Crippen LogP contribution in [0.15, 0.2) is 84.4 Å². The van der Waals surface area contributed by atoms with Crippen molar-refractivity contribution in [3.8, 4) is 0 Å². The van der Waals surface area contributed by atoms with Crippen molar-refractivity contribution in [3.05, 3.63) is 129 Å². The largest absolute Gasteiger partial charge is 0.455 e. The van der Waals surface area contributed by atoms with E-state index in [0.717, 1.165) is 109 Å². The number of piperidine rings is 2. The molecule has 5 atom stereocenters. The lowest BCUT2D eigenvalue weighted by Crippen LogP contribution is -2.51. The summed E-state index contributed by atoms with van der Waals surface area (Å²) in [7, 11) is 3.81. The summed E-state index contributed by atoms with van der Waals surface area (Å²) in [5, 5.41) is 14.9. The lowest BCUT2D eigenvalue weighted by atomic mass is 9.83. The van der Waals surface area contributed by atoms with Gasteiger partial charge in [0.2, 0.25) is 12.5 Å². The number of allylic oxidation sites excluding steroid dienone is 3. The van der Waals surface area contributed by atoms with Crippen LogP contribution in [0.1, 0.15) is 143 Å². The van der Waals surface area contributed by atoms with Crippen LogP contribution in [0.4, 0.5) is 20.2 Å². The number of benzene rings is 2. The first-order valence-electron chi connectivity index (χ1n) is 27.2. The number of ketones is 1. The average molecular weight is 1010 g/mol. The van der Waals surface area contributed by atoms with Crippen LogP contribution in [0.3, 0.4) is 0 Å². The minimum absolute atomic E-state index is 0.00685. The predicted octanol–water partition coefficient (Wildman–Crippen LogP) is 9.67. The number of pyridine rings is 1. The van der Waals surface area contributed by atoms with Crippen LogP contribution in [0.25, 0.3) is 11.0 Å². The number of aliphatic hydroxyl groups is 1. The highest BCUT2D eigenvalue weighted by molar-refractivity contribution is 6.11. The zero-order valence-electron chi connectivity index (χ0n) is 44.0. The van der Waals surface area contributed by atoms with E-state index in [-0.39, 0.29) is 41.3 Å². The molecule has 0 spiro atoms. The monoisotopic (exact) mass is 1010 g/mol. The number of nitroso groups, excluding NO2 is 1. The molecule has 3 saturated heterocycles. The molecule has 4 aromatic rings. The minimum Gasteiger partial charge on any atom is -0.388 e. The van der Waals surface area contributed by atoms with E-state index in [9.17, 15) is 24.4 Å². The van der Waals surface area contributed by atoms with Crippen LogP contribution >= 0.6 is 0 Å². The summed E-state index contributed by atoms with van der Waals surface area (Å²) in [5.41, 5.74) is 6.82. The Kier molecular flexibility index (Phi) is 14.7. The molecule has 74 heavy (non-hydrogen) atoms. The van der Waals surface area contributed by atoms with Crippen molar-refractivity contribution in [1.29, 1.82) is 0 Å². The molecule has 2 amide bonds. The Bertz CT molecular complexity index is 2920. The number of aryl methyl sites for hydroxylation is 1. The Morgan fingerprint density at radius 2 is 1.70 bits per heavy atom. The molecule has 2 N–H and O–H groups in total. The number of anilines is 2. The number of hydrogen-bond donors (Lipinski definition) is 2. The fraction of sp³-hybridized carbons (Fsp3) is 0.525. The molecular weight excluding hydrogens is 939 g/mol. The third-order valence-electron chi connectivity index (χ3n) is 17.7. The van der Waals surface area contributed by atoms with E-state index in [0.29, 0.717) is 61.4 Å². The summed E-state index contributed by atoms with van der Waals surface area (Å²) in [6.07, 6.45) is 18.1. The number of amides is 2. The maximum absolute atomic E-state index is 15.9. The number of carbonyl (C=O) groups is 3. The van der Waals surface area contributed by atoms with Gasteiger partial charge < -0.3 is 24.8 Å². The molecule has 15 heteroatoms. The molecule has 2 aromatic carbocycles. The molecule has 5 aliphatic heterocycles. The summed E-state index contributed by atoms with van der Waals surface area (Å²) in [5.74, 6) is -1.59. The first kappa shape index (κ1) is 51.6. The number of carbonyl (C=O) groups excluding carboxylic acids is 3. The number of nitrogens with zero attached hydrogens (tertiary/aromatic N) is 7. The van der Waals surface area contributed by atoms with Crippen LogP contribution in [-0.2, 0) is 28.5 Å². The number of aliphatic hydroxyl groups excluding tert-OH is 1. The maximum atomic E-state index is 15.9. The number of fused-ring (bicyclic) bond motifs is 2. The molecule has 0 radical (unpaired) electrons. The molecule has 6 aliphatic rings. The highest BCUT2D eigenvalue weighted by Gasteiger charge is 2.52. The Balaban J connectivity index is 0.706. The van der Waals surface area contributed by atoms with Crippen LogP contribution in [0.2, 0.25) is 0 Å². The Morgan fingerprint density at radius 1 is 0.959 bits per heavy atom. The number of rotatable bonds is 12. The van der Waals surface area contributed by atoms with E-state index >= 15 is 8.78 Å². The van der Waals surface area contributed by atoms with E-state index in [4.69, 9.17) is 0 Å². The van der Waals surface area contributed by atoms with Gasteiger partial charge in [0.25, 0.3) is 0 Å². The van der Waals surface area contributed by atoms with Crippen molar-refractivity contribution in [1.82, 2.24) is 24.7 Å². The maximum Gasteiger partial charge on any atom is 0.455 e. The standard InChI is InChI=1S/C59H73F2N8O5/c1-36-27-40(28-41-15-16-50-46(29-41)59(3,4)58(73)69(50)51-10-8-23-68(74)57(51)72)9-7-22-66(36)35-39-13-11-38(12-14-39)30-53(70)43-31-47(60)55(48(61)32-43)42-18-24-65(25-19-42)37(2)52-34-45-49(17-21-63-56(45)64(52)6)67-26-20-44(62-5)33-54(67)71/h15-17,20-21,26,29-34,36-37,39-40,42,51,54,62,71H,7-14,18-19,22-25,27-28,35H2,1-6H3/q+1/t36?,37-,39?,40?,51?,54?/m0/s1. The number of aromatic nitrogens is 2. The third kappa shape index (κ3) is 9.91. The fourth-order valence-corrected chi connectivity index (χ4v) is 13.3. The average Bonchev–Trinajstić information content (AvgIpc) is 3.74. The lowest BCUT2D eigenvalue weighted by Gasteiger charge is -2.36. The zero-order valence-corrected chi connectivity index (χ0v) is 44.0. The molecule has 392 valence electrons. The van der Waals surface area contributed by atoms with Gasteiger partial charge in [-0.2, -0.15) is 0 Å². The number of halogens is 2. The van der Waals surface area contributed by atoms with E-state index in [2.05, 4.69) is 56.7 Å². The summed E-state index contributed by atoms with van der Waals surface area (Å²) in [6.45, 7) is 11.9. The Hall–Kier alpha value is -5.90. The zero-order chi connectivity index (χ0) is 52.2.